The molecule has 137 heavy (non-hydrogen) atoms. The van der Waals surface area contributed by atoms with Crippen molar-refractivity contribution >= 4 is 130 Å². The Hall–Kier alpha value is -11.7. The maximum absolute atomic E-state index is 10.8. The zero-order valence-corrected chi connectivity index (χ0v) is 85.5. The van der Waals surface area contributed by atoms with Gasteiger partial charge >= 0.3 is 65.7 Å². The van der Waals surface area contributed by atoms with Crippen LogP contribution >= 0.6 is 0 Å². The molecule has 0 heterocycles. The van der Waals surface area contributed by atoms with Crippen LogP contribution in [-0.4, -0.2) is 186 Å². The lowest BCUT2D eigenvalue weighted by Crippen LogP contribution is -2.29. The molecule has 0 saturated carbocycles. The Morgan fingerprint density at radius 3 is 0.723 bits per heavy atom. The van der Waals surface area contributed by atoms with Crippen LogP contribution in [0.5, 0.6) is 0 Å². The van der Waals surface area contributed by atoms with E-state index in [9.17, 15) is 52.7 Å². The minimum atomic E-state index is -0.811. The Labute approximate surface area is 813 Å². The van der Waals surface area contributed by atoms with E-state index in [1.54, 1.807) is 0 Å². The molecular formula is C93H186N22O22. The van der Waals surface area contributed by atoms with E-state index >= 15 is 0 Å². The maximum atomic E-state index is 10.8. The molecule has 13 atom stereocenters. The number of hydrogen-bond acceptors (Lipinski definition) is 22. The number of carboxylic acids is 11. The lowest BCUT2D eigenvalue weighted by Gasteiger charge is -2.26. The van der Waals surface area contributed by atoms with E-state index in [-0.39, 0.29) is 152 Å². The SMILES string of the molecule is CC(C)(C)C(CCC(=N)N)C(=O)O.CC(C)C(CCC(=N)N)C(=O)O.CC(C)C(CCCC(=N)N)C(=O)O.CC(C)CC(CCC(=N)N)C(=O)O.CCC(C(=O)O)C(C)CC(=N)N.CCC(C)C(CCC(=N)N)C(=O)O.CCC(CCC(=N)N)C(=O)O.CCC(CCCC(=N)N)C(=O)O.CCCC(CCC(=N)N)C(=O)O.CCCC(CCCC(=N)N)C(=O)O.CCCCC(CCC(=N)N)C(=O)O. The van der Waals surface area contributed by atoms with Crippen molar-refractivity contribution in [1.29, 1.82) is 59.5 Å². The fraction of sp³-hybridized carbons (Fsp3) is 0.763. The number of nitrogens with one attached hydrogen (secondary N) is 11. The molecule has 44 heteroatoms. The Morgan fingerprint density at radius 1 is 0.234 bits per heavy atom. The summed E-state index contributed by atoms with van der Waals surface area (Å²) >= 11 is 0. The zero-order chi connectivity index (χ0) is 110. The van der Waals surface area contributed by atoms with E-state index in [1.807, 2.05) is 125 Å². The van der Waals surface area contributed by atoms with Crippen LogP contribution in [0.25, 0.3) is 0 Å². The fourth-order valence-electron chi connectivity index (χ4n) is 12.7. The molecule has 13 unspecified atom stereocenters. The summed E-state index contributed by atoms with van der Waals surface area (Å²) in [4.78, 5) is 117. The predicted molar refractivity (Wildman–Crippen MR) is 542 cm³/mol. The first-order valence-electron chi connectivity index (χ1n) is 47.1. The van der Waals surface area contributed by atoms with Gasteiger partial charge in [0, 0.05) is 70.6 Å². The van der Waals surface area contributed by atoms with Crippen LogP contribution in [0.3, 0.4) is 0 Å². The number of aliphatic carboxylic acids is 11. The molecule has 0 aliphatic carbocycles. The third-order valence-electron chi connectivity index (χ3n) is 21.4. The summed E-state index contributed by atoms with van der Waals surface area (Å²) in [5.41, 5.74) is 56.4. The van der Waals surface area contributed by atoms with E-state index in [0.717, 1.165) is 32.1 Å². The smallest absolute Gasteiger partial charge is 0.307 e. The van der Waals surface area contributed by atoms with E-state index in [4.69, 9.17) is 179 Å². The second kappa shape index (κ2) is 90.8. The van der Waals surface area contributed by atoms with Crippen molar-refractivity contribution in [2.45, 2.75) is 356 Å². The third-order valence-corrected chi connectivity index (χ3v) is 21.4. The van der Waals surface area contributed by atoms with E-state index in [1.165, 1.54) is 0 Å². The average molecular weight is 1960 g/mol. The monoisotopic (exact) mass is 1960 g/mol. The van der Waals surface area contributed by atoms with Crippen molar-refractivity contribution in [1.82, 2.24) is 0 Å². The summed E-state index contributed by atoms with van der Waals surface area (Å²) in [6, 6.07) is 0. The van der Waals surface area contributed by atoms with Crippen LogP contribution in [0, 0.1) is 160 Å². The standard InChI is InChI=1S/6C9H18N2O2.4C8H16N2O2.C7H14N2O2/c1-9(2,3)6(8(12)13)4-5-7(10)11;1-6(2)5-7(9(12)13)3-4-8(10)11;1-6(2)7(9(12)13)4-3-5-8(10)11;1-3-6(2)7(9(12)13)4-5-8(10)11;1-2-4-7(9(12)13)5-3-6-8(10)11;1-2-3-4-7(9(12)13)5-6-8(10)11;1-5(2)6(8(11)12)3-4-7(9)10;1-3-6(8(11)12)5(2)4-7(9)10;1-2-6(8(11)12)4-3-5-7(9)10;1-2-3-6(8(11)12)4-5-7(9)10;1-2-5(7(10)11)3-4-6(8)9/h6H,4-5H2,1-3H3,(H3,10,11)(H,12,13);3*6-7H,3-5H2,1-2H3,(H3,10,11)(H,12,13);2*7H,2-6H2,1H3,(H3,10,11)(H,12,13);2*5-6H,3-4H2,1-2H3,(H3,9,10)(H,11,12);2*6H,2-5H2,1H3,(H3,9,10)(H,11,12);5H,2-4H2,1H3,(H3,8,9)(H,10,11). The molecule has 0 bridgehead atoms. The Morgan fingerprint density at radius 2 is 0.482 bits per heavy atom. The molecular weight excluding hydrogens is 1780 g/mol. The summed E-state index contributed by atoms with van der Waals surface area (Å²) in [6.45, 7) is 34.3. The van der Waals surface area contributed by atoms with Gasteiger partial charge in [-0.3, -0.25) is 112 Å². The number of carboxylic acid groups (broad SMARTS) is 11. The summed E-state index contributed by atoms with van der Waals surface area (Å²) in [5.74, 6) is -10.7. The lowest BCUT2D eigenvalue weighted by molar-refractivity contribution is -0.146. The first-order valence-corrected chi connectivity index (χ1v) is 47.1. The number of amidine groups is 11. The van der Waals surface area contributed by atoms with Crippen molar-refractivity contribution in [3.05, 3.63) is 0 Å². The molecule has 0 radical (unpaired) electrons. The van der Waals surface area contributed by atoms with E-state index < -0.39 is 71.6 Å². The molecule has 44 N–H and O–H groups in total. The average Bonchev–Trinajstić information content (AvgIpc) is 0.870. The van der Waals surface area contributed by atoms with Crippen molar-refractivity contribution in [3.63, 3.8) is 0 Å². The lowest BCUT2D eigenvalue weighted by atomic mass is 9.78. The molecule has 0 spiro atoms. The van der Waals surface area contributed by atoms with Gasteiger partial charge in [-0.2, -0.15) is 0 Å². The highest BCUT2D eigenvalue weighted by Gasteiger charge is 2.32. The minimum Gasteiger partial charge on any atom is -0.481 e. The number of rotatable bonds is 63. The van der Waals surface area contributed by atoms with Gasteiger partial charge in [0.1, 0.15) is 0 Å². The third kappa shape index (κ3) is 105. The van der Waals surface area contributed by atoms with Gasteiger partial charge in [0.15, 0.2) is 0 Å². The second-order valence-corrected chi connectivity index (χ2v) is 36.1. The Bertz CT molecular complexity index is 3510. The first-order chi connectivity index (χ1) is 62.9. The van der Waals surface area contributed by atoms with Crippen molar-refractivity contribution < 1.29 is 109 Å². The van der Waals surface area contributed by atoms with Gasteiger partial charge in [0.25, 0.3) is 0 Å². The molecule has 0 saturated heterocycles. The van der Waals surface area contributed by atoms with Gasteiger partial charge in [-0.15, -0.1) is 0 Å². The molecule has 0 aromatic rings. The molecule has 0 aliphatic rings. The number of carbonyl (C=O) groups is 11. The van der Waals surface area contributed by atoms with Crippen molar-refractivity contribution in [3.8, 4) is 0 Å². The molecule has 0 aliphatic heterocycles. The van der Waals surface area contributed by atoms with Crippen LogP contribution in [0.4, 0.5) is 0 Å². The summed E-state index contributed by atoms with van der Waals surface area (Å²) in [7, 11) is 0. The molecule has 0 fully saturated rings. The Balaban J connectivity index is -0.000000142. The van der Waals surface area contributed by atoms with Gasteiger partial charge in [-0.25, -0.2) is 0 Å². The summed E-state index contributed by atoms with van der Waals surface area (Å²) in [5, 5.41) is 173. The van der Waals surface area contributed by atoms with Gasteiger partial charge in [-0.1, -0.05) is 157 Å². The molecule has 0 aromatic heterocycles. The first kappa shape index (κ1) is 148. The maximum Gasteiger partial charge on any atom is 0.307 e. The zero-order valence-electron chi connectivity index (χ0n) is 85.5. The van der Waals surface area contributed by atoms with Gasteiger partial charge in [0.05, 0.1) is 129 Å². The molecule has 0 amide bonds. The van der Waals surface area contributed by atoms with Gasteiger partial charge in [-0.05, 0) is 163 Å². The summed E-state index contributed by atoms with van der Waals surface area (Å²) < 4.78 is 0. The predicted octanol–water partition coefficient (Wildman–Crippen LogP) is 14.3. The van der Waals surface area contributed by atoms with Crippen molar-refractivity contribution in [2.75, 3.05) is 0 Å². The highest BCUT2D eigenvalue weighted by Crippen LogP contribution is 2.30. The van der Waals surface area contributed by atoms with Crippen LogP contribution in [-0.2, 0) is 52.7 Å². The quantitative estimate of drug-likeness (QED) is 0.0199. The molecule has 44 nitrogen and oxygen atoms in total. The molecule has 0 aromatic carbocycles. The number of hydrogen-bond donors (Lipinski definition) is 33. The summed E-state index contributed by atoms with van der Waals surface area (Å²) in [6.07, 6.45) is 20.8. The molecule has 800 valence electrons. The number of unbranched alkanes of at least 4 members (excludes halogenated alkanes) is 1. The molecule has 0 rings (SSSR count). The highest BCUT2D eigenvalue weighted by atomic mass is 16.4. The van der Waals surface area contributed by atoms with Crippen LogP contribution in [0.1, 0.15) is 356 Å². The van der Waals surface area contributed by atoms with Crippen LogP contribution in [0.15, 0.2) is 0 Å². The van der Waals surface area contributed by atoms with Crippen LogP contribution < -0.4 is 63.1 Å². The topological polar surface area (TPSA) is 959 Å². The fourth-order valence-corrected chi connectivity index (χ4v) is 12.7. The van der Waals surface area contributed by atoms with Crippen molar-refractivity contribution in [2.24, 2.45) is 163 Å². The largest absolute Gasteiger partial charge is 0.481 e. The highest BCUT2D eigenvalue weighted by molar-refractivity contribution is 5.83. The minimum absolute atomic E-state index is 0.0509. The van der Waals surface area contributed by atoms with Gasteiger partial charge in [0.2, 0.25) is 0 Å². The normalized spacial score (nSPS) is 13.1. The number of nitrogens with two attached hydrogens (primary N) is 11. The van der Waals surface area contributed by atoms with Crippen LogP contribution in [0.2, 0.25) is 0 Å². The van der Waals surface area contributed by atoms with E-state index in [2.05, 4.69) is 0 Å². The second-order valence-electron chi connectivity index (χ2n) is 36.1. The van der Waals surface area contributed by atoms with E-state index in [0.29, 0.717) is 205 Å². The Kier molecular flexibility index (Phi) is 98.2. The van der Waals surface area contributed by atoms with Gasteiger partial charge < -0.3 is 119 Å².